The van der Waals surface area contributed by atoms with Crippen LogP contribution < -0.4 is 10.1 Å². The van der Waals surface area contributed by atoms with E-state index >= 15 is 0 Å². The van der Waals surface area contributed by atoms with E-state index in [9.17, 15) is 5.11 Å². The first-order valence-corrected chi connectivity index (χ1v) is 8.23. The van der Waals surface area contributed by atoms with Crippen molar-refractivity contribution < 1.29 is 9.84 Å². The van der Waals surface area contributed by atoms with Crippen LogP contribution in [0.25, 0.3) is 22.3 Å². The third-order valence-electron chi connectivity index (χ3n) is 4.20. The van der Waals surface area contributed by atoms with Crippen LogP contribution >= 0.6 is 0 Å². The number of methoxy groups -OCH3 is 1. The van der Waals surface area contributed by atoms with E-state index < -0.39 is 0 Å². The molecule has 0 atom stereocenters. The average molecular weight is 346 g/mol. The molecular weight excluding hydrogens is 328 g/mol. The van der Waals surface area contributed by atoms with Crippen LogP contribution in [0.3, 0.4) is 0 Å². The number of fused-ring (bicyclic) bond motifs is 1. The molecule has 6 nitrogen and oxygen atoms in total. The predicted octanol–water partition coefficient (Wildman–Crippen LogP) is 3.95. The lowest BCUT2D eigenvalue weighted by Gasteiger charge is -2.07. The van der Waals surface area contributed by atoms with Crippen LogP contribution in [0, 0.1) is 0 Å². The number of hydrogen-bond acceptors (Lipinski definition) is 5. The van der Waals surface area contributed by atoms with Gasteiger partial charge in [0.2, 0.25) is 0 Å². The quantitative estimate of drug-likeness (QED) is 0.510. The molecule has 0 bridgehead atoms. The van der Waals surface area contributed by atoms with Gasteiger partial charge in [-0.3, -0.25) is 0 Å². The van der Waals surface area contributed by atoms with Crippen LogP contribution in [0.15, 0.2) is 60.9 Å². The second kappa shape index (κ2) is 6.76. The van der Waals surface area contributed by atoms with Gasteiger partial charge in [-0.05, 0) is 53.6 Å². The Labute approximate surface area is 150 Å². The van der Waals surface area contributed by atoms with Gasteiger partial charge in [0.25, 0.3) is 0 Å². The number of benzene rings is 2. The van der Waals surface area contributed by atoms with Crippen LogP contribution in [0.4, 0.5) is 5.82 Å². The Bertz CT molecular complexity index is 1040. The number of hydrogen-bond donors (Lipinski definition) is 3. The third kappa shape index (κ3) is 3.17. The van der Waals surface area contributed by atoms with Crippen molar-refractivity contribution >= 4 is 16.9 Å². The summed E-state index contributed by atoms with van der Waals surface area (Å²) in [5.41, 5.74) is 3.76. The van der Waals surface area contributed by atoms with Crippen molar-refractivity contribution in [3.8, 4) is 22.8 Å². The molecule has 0 saturated carbocycles. The average Bonchev–Trinajstić information content (AvgIpc) is 3.12. The molecule has 2 aromatic carbocycles. The number of phenolic OH excluding ortho intramolecular Hbond substituents is 1. The van der Waals surface area contributed by atoms with Crippen LogP contribution in [0.5, 0.6) is 11.5 Å². The molecule has 6 heteroatoms. The Balaban J connectivity index is 1.62. The maximum atomic E-state index is 9.45. The van der Waals surface area contributed by atoms with Crippen LogP contribution in [-0.4, -0.2) is 27.2 Å². The molecule has 0 aliphatic heterocycles. The first kappa shape index (κ1) is 16.0. The van der Waals surface area contributed by atoms with Gasteiger partial charge in [0.1, 0.15) is 29.3 Å². The second-order valence-corrected chi connectivity index (χ2v) is 5.92. The number of aromatic nitrogens is 3. The molecule has 2 heterocycles. The van der Waals surface area contributed by atoms with E-state index in [4.69, 9.17) is 4.74 Å². The minimum atomic E-state index is 0.241. The van der Waals surface area contributed by atoms with Gasteiger partial charge in [0, 0.05) is 12.2 Å². The Morgan fingerprint density at radius 1 is 1.08 bits per heavy atom. The van der Waals surface area contributed by atoms with Crippen molar-refractivity contribution in [1.29, 1.82) is 0 Å². The summed E-state index contributed by atoms with van der Waals surface area (Å²) in [6.45, 7) is 0.628. The number of anilines is 1. The van der Waals surface area contributed by atoms with Crippen molar-refractivity contribution in [2.45, 2.75) is 6.54 Å². The summed E-state index contributed by atoms with van der Waals surface area (Å²) in [5.74, 6) is 1.83. The molecule has 0 unspecified atom stereocenters. The van der Waals surface area contributed by atoms with Crippen molar-refractivity contribution in [2.75, 3.05) is 12.4 Å². The summed E-state index contributed by atoms with van der Waals surface area (Å²) in [4.78, 5) is 12.0. The summed E-state index contributed by atoms with van der Waals surface area (Å²) in [6.07, 6.45) is 1.54. The van der Waals surface area contributed by atoms with E-state index in [1.54, 1.807) is 19.2 Å². The van der Waals surface area contributed by atoms with Crippen LogP contribution in [0.1, 0.15) is 5.56 Å². The summed E-state index contributed by atoms with van der Waals surface area (Å²) in [5, 5.41) is 13.7. The van der Waals surface area contributed by atoms with E-state index in [1.165, 1.54) is 6.33 Å². The lowest BCUT2D eigenvalue weighted by Crippen LogP contribution is -2.02. The summed E-state index contributed by atoms with van der Waals surface area (Å²) >= 11 is 0. The second-order valence-electron chi connectivity index (χ2n) is 5.92. The van der Waals surface area contributed by atoms with Crippen LogP contribution in [0.2, 0.25) is 0 Å². The fourth-order valence-corrected chi connectivity index (χ4v) is 2.85. The van der Waals surface area contributed by atoms with Crippen molar-refractivity contribution in [1.82, 2.24) is 15.0 Å². The van der Waals surface area contributed by atoms with E-state index in [0.717, 1.165) is 39.4 Å². The largest absolute Gasteiger partial charge is 0.508 e. The zero-order valence-electron chi connectivity index (χ0n) is 14.2. The standard InChI is InChI=1S/C20H18N4O2/c1-26-16-4-2-3-13(9-16)11-21-19-17-10-18(24-20(17)23-12-22-19)14-5-7-15(25)8-6-14/h2-10,12,25H,11H2,1H3,(H2,21,22,23,24). The summed E-state index contributed by atoms with van der Waals surface area (Å²) in [7, 11) is 1.66. The van der Waals surface area contributed by atoms with E-state index in [0.29, 0.717) is 6.54 Å². The Hall–Kier alpha value is -3.54. The van der Waals surface area contributed by atoms with Gasteiger partial charge < -0.3 is 20.1 Å². The number of H-pyrrole nitrogens is 1. The van der Waals surface area contributed by atoms with E-state index in [2.05, 4.69) is 20.3 Å². The van der Waals surface area contributed by atoms with Gasteiger partial charge in [-0.1, -0.05) is 12.1 Å². The number of aromatic amines is 1. The zero-order chi connectivity index (χ0) is 17.9. The molecule has 130 valence electrons. The lowest BCUT2D eigenvalue weighted by atomic mass is 10.1. The number of aromatic hydroxyl groups is 1. The fourth-order valence-electron chi connectivity index (χ4n) is 2.85. The molecule has 0 amide bonds. The van der Waals surface area contributed by atoms with Gasteiger partial charge in [-0.25, -0.2) is 9.97 Å². The van der Waals surface area contributed by atoms with Crippen LogP contribution in [-0.2, 0) is 6.54 Å². The minimum absolute atomic E-state index is 0.241. The molecule has 4 rings (SSSR count). The molecule has 0 aliphatic carbocycles. The molecule has 0 fully saturated rings. The first-order chi connectivity index (χ1) is 12.7. The number of nitrogens with one attached hydrogen (secondary N) is 2. The Kier molecular flexibility index (Phi) is 4.15. The highest BCUT2D eigenvalue weighted by Gasteiger charge is 2.09. The van der Waals surface area contributed by atoms with Crippen molar-refractivity contribution in [3.63, 3.8) is 0 Å². The van der Waals surface area contributed by atoms with Gasteiger partial charge in [-0.2, -0.15) is 0 Å². The van der Waals surface area contributed by atoms with Crippen molar-refractivity contribution in [2.24, 2.45) is 0 Å². The molecule has 4 aromatic rings. The topological polar surface area (TPSA) is 83.1 Å². The molecule has 0 saturated heterocycles. The van der Waals surface area contributed by atoms with E-state index in [1.807, 2.05) is 42.5 Å². The maximum Gasteiger partial charge on any atom is 0.143 e. The highest BCUT2D eigenvalue weighted by Crippen LogP contribution is 2.28. The summed E-state index contributed by atoms with van der Waals surface area (Å²) in [6, 6.07) is 17.0. The molecule has 3 N–H and O–H groups in total. The fraction of sp³-hybridized carbons (Fsp3) is 0.100. The van der Waals surface area contributed by atoms with Gasteiger partial charge in [0.05, 0.1) is 12.5 Å². The Morgan fingerprint density at radius 2 is 1.92 bits per heavy atom. The number of phenols is 1. The lowest BCUT2D eigenvalue weighted by molar-refractivity contribution is 0.414. The first-order valence-electron chi connectivity index (χ1n) is 8.23. The SMILES string of the molecule is COc1cccc(CNc2ncnc3[nH]c(-c4ccc(O)cc4)cc23)c1. The van der Waals surface area contributed by atoms with Gasteiger partial charge in [0.15, 0.2) is 0 Å². The predicted molar refractivity (Wildman–Crippen MR) is 101 cm³/mol. The molecular formula is C20H18N4O2. The highest BCUT2D eigenvalue weighted by molar-refractivity contribution is 5.91. The molecule has 0 spiro atoms. The van der Waals surface area contributed by atoms with E-state index in [-0.39, 0.29) is 5.75 Å². The smallest absolute Gasteiger partial charge is 0.143 e. The minimum Gasteiger partial charge on any atom is -0.508 e. The maximum absolute atomic E-state index is 9.45. The third-order valence-corrected chi connectivity index (χ3v) is 4.20. The molecule has 0 radical (unpaired) electrons. The number of rotatable bonds is 5. The van der Waals surface area contributed by atoms with Gasteiger partial charge in [-0.15, -0.1) is 0 Å². The molecule has 26 heavy (non-hydrogen) atoms. The number of ether oxygens (including phenoxy) is 1. The van der Waals surface area contributed by atoms with Crippen molar-refractivity contribution in [3.05, 3.63) is 66.5 Å². The Morgan fingerprint density at radius 3 is 2.73 bits per heavy atom. The van der Waals surface area contributed by atoms with Gasteiger partial charge >= 0.3 is 0 Å². The highest BCUT2D eigenvalue weighted by atomic mass is 16.5. The number of nitrogens with zero attached hydrogens (tertiary/aromatic N) is 2. The monoisotopic (exact) mass is 346 g/mol. The zero-order valence-corrected chi connectivity index (χ0v) is 14.2. The molecule has 0 aliphatic rings. The molecule has 2 aromatic heterocycles. The normalized spacial score (nSPS) is 10.8. The summed E-state index contributed by atoms with van der Waals surface area (Å²) < 4.78 is 5.26.